The molecule has 1 aliphatic carbocycles. The first kappa shape index (κ1) is 9.67. The Morgan fingerprint density at radius 3 is 2.30 bits per heavy atom. The normalized spacial score (nSPS) is 25.1. The molecule has 1 unspecified atom stereocenters. The van der Waals surface area contributed by atoms with Crippen LogP contribution >= 0.6 is 0 Å². The van der Waals surface area contributed by atoms with Gasteiger partial charge in [-0.2, -0.15) is 0 Å². The van der Waals surface area contributed by atoms with E-state index >= 15 is 0 Å². The van der Waals surface area contributed by atoms with Crippen LogP contribution in [-0.4, -0.2) is 5.78 Å². The minimum Gasteiger partial charge on any atom is -0.300 e. The summed E-state index contributed by atoms with van der Waals surface area (Å²) in [5, 5.41) is 0. The highest BCUT2D eigenvalue weighted by Gasteiger charge is 2.14. The van der Waals surface area contributed by atoms with E-state index in [2.05, 4.69) is 6.92 Å². The van der Waals surface area contributed by atoms with Gasteiger partial charge in [0.25, 0.3) is 0 Å². The van der Waals surface area contributed by atoms with Gasteiger partial charge in [-0.1, -0.05) is 20.8 Å². The summed E-state index contributed by atoms with van der Waals surface area (Å²) in [5.74, 6) is 1.12. The largest absolute Gasteiger partial charge is 0.300 e. The molecule has 0 aliphatic heterocycles. The quantitative estimate of drug-likeness (QED) is 0.508. The summed E-state index contributed by atoms with van der Waals surface area (Å²) in [6.07, 6.45) is 4.05. The maximum Gasteiger partial charge on any atom is 0.133 e. The van der Waals surface area contributed by atoms with Gasteiger partial charge in [0.1, 0.15) is 5.78 Å². The zero-order valence-corrected chi connectivity index (χ0v) is 7.31. The maximum atomic E-state index is 10.7. The van der Waals surface area contributed by atoms with Crippen LogP contribution in [0.25, 0.3) is 0 Å². The molecule has 0 aromatic heterocycles. The van der Waals surface area contributed by atoms with Crippen molar-refractivity contribution in [2.24, 2.45) is 5.92 Å². The number of Topliss-reactive ketones (excluding diaryl/α,β-unsaturated/α-hetero) is 1. The first-order valence-electron chi connectivity index (χ1n) is 4.31. The summed E-state index contributed by atoms with van der Waals surface area (Å²) < 4.78 is 0. The van der Waals surface area contributed by atoms with E-state index in [0.717, 1.165) is 19.3 Å². The van der Waals surface area contributed by atoms with Gasteiger partial charge in [-0.05, 0) is 18.8 Å². The van der Waals surface area contributed by atoms with Crippen LogP contribution in [0.1, 0.15) is 46.5 Å². The third kappa shape index (κ3) is 3.65. The Kier molecular flexibility index (Phi) is 5.27. The smallest absolute Gasteiger partial charge is 0.133 e. The van der Waals surface area contributed by atoms with Crippen molar-refractivity contribution in [3.63, 3.8) is 0 Å². The lowest BCUT2D eigenvalue weighted by Gasteiger charge is -2.14. The molecule has 0 saturated heterocycles. The molecule has 0 N–H and O–H groups in total. The van der Waals surface area contributed by atoms with Crippen LogP contribution in [0.3, 0.4) is 0 Å². The Labute approximate surface area is 63.8 Å². The minimum absolute atomic E-state index is 0.462. The van der Waals surface area contributed by atoms with Crippen LogP contribution in [-0.2, 0) is 4.79 Å². The van der Waals surface area contributed by atoms with Gasteiger partial charge in [-0.15, -0.1) is 0 Å². The summed E-state index contributed by atoms with van der Waals surface area (Å²) in [6, 6.07) is 0. The average Bonchev–Trinajstić information content (AvgIpc) is 1.91. The van der Waals surface area contributed by atoms with Crippen LogP contribution < -0.4 is 0 Å². The molecule has 0 aromatic carbocycles. The molecule has 0 aromatic rings. The van der Waals surface area contributed by atoms with Gasteiger partial charge in [0.15, 0.2) is 0 Å². The van der Waals surface area contributed by atoms with Crippen molar-refractivity contribution in [1.29, 1.82) is 0 Å². The van der Waals surface area contributed by atoms with E-state index in [1.54, 1.807) is 0 Å². The first-order valence-corrected chi connectivity index (χ1v) is 4.31. The van der Waals surface area contributed by atoms with E-state index in [0.29, 0.717) is 11.7 Å². The second-order valence-electron chi connectivity index (χ2n) is 2.74. The molecule has 1 nitrogen and oxygen atoms in total. The molecule has 0 bridgehead atoms. The molecule has 1 rings (SSSR count). The first-order chi connectivity index (χ1) is 4.79. The fraction of sp³-hybridized carbons (Fsp3) is 0.889. The van der Waals surface area contributed by atoms with E-state index < -0.39 is 0 Å². The number of hydrogen-bond donors (Lipinski definition) is 0. The van der Waals surface area contributed by atoms with E-state index in [-0.39, 0.29) is 0 Å². The monoisotopic (exact) mass is 142 g/mol. The van der Waals surface area contributed by atoms with Gasteiger partial charge in [-0.25, -0.2) is 0 Å². The molecule has 1 fully saturated rings. The number of carbonyl (C=O) groups excluding carboxylic acids is 1. The van der Waals surface area contributed by atoms with Gasteiger partial charge < -0.3 is 0 Å². The molecule has 1 saturated carbocycles. The molecule has 0 amide bonds. The molecule has 1 heteroatoms. The molecule has 0 heterocycles. The third-order valence-electron chi connectivity index (χ3n) is 1.73. The highest BCUT2D eigenvalue weighted by molar-refractivity contribution is 5.79. The summed E-state index contributed by atoms with van der Waals surface area (Å²) in [5.41, 5.74) is 0. The predicted molar refractivity (Wildman–Crippen MR) is 44.0 cm³/mol. The lowest BCUT2D eigenvalue weighted by molar-refractivity contribution is -0.121. The second kappa shape index (κ2) is 5.45. The van der Waals surface area contributed by atoms with E-state index in [9.17, 15) is 4.79 Å². The Hall–Kier alpha value is -0.330. The maximum absolute atomic E-state index is 10.7. The SMILES string of the molecule is CC.CC1CCCC(=O)C1. The van der Waals surface area contributed by atoms with Crippen LogP contribution in [0.2, 0.25) is 0 Å². The van der Waals surface area contributed by atoms with Crippen molar-refractivity contribution in [2.75, 3.05) is 0 Å². The van der Waals surface area contributed by atoms with Crippen molar-refractivity contribution in [3.05, 3.63) is 0 Å². The lowest BCUT2D eigenvalue weighted by Crippen LogP contribution is -2.11. The van der Waals surface area contributed by atoms with Gasteiger partial charge in [0, 0.05) is 12.8 Å². The molecule has 1 atom stereocenters. The number of hydrogen-bond acceptors (Lipinski definition) is 1. The van der Waals surface area contributed by atoms with E-state index in [1.807, 2.05) is 13.8 Å². The molecule has 60 valence electrons. The summed E-state index contributed by atoms with van der Waals surface area (Å²) in [6.45, 7) is 6.15. The standard InChI is InChI=1S/C7H12O.C2H6/c1-6-3-2-4-7(8)5-6;1-2/h6H,2-5H2,1H3;1-2H3. The van der Waals surface area contributed by atoms with Gasteiger partial charge >= 0.3 is 0 Å². The lowest BCUT2D eigenvalue weighted by atomic mass is 9.90. The molecule has 1 aliphatic rings. The van der Waals surface area contributed by atoms with E-state index in [4.69, 9.17) is 0 Å². The Balaban J connectivity index is 0.000000371. The van der Waals surface area contributed by atoms with Crippen molar-refractivity contribution >= 4 is 5.78 Å². The van der Waals surface area contributed by atoms with Crippen LogP contribution in [0.15, 0.2) is 0 Å². The topological polar surface area (TPSA) is 17.1 Å². The summed E-state index contributed by atoms with van der Waals surface area (Å²) >= 11 is 0. The molecule has 0 radical (unpaired) electrons. The summed E-state index contributed by atoms with van der Waals surface area (Å²) in [4.78, 5) is 10.7. The second-order valence-corrected chi connectivity index (χ2v) is 2.74. The zero-order chi connectivity index (χ0) is 7.98. The Morgan fingerprint density at radius 1 is 1.40 bits per heavy atom. The fourth-order valence-corrected chi connectivity index (χ4v) is 1.24. The Bertz CT molecular complexity index is 96.9. The van der Waals surface area contributed by atoms with Gasteiger partial charge in [0.2, 0.25) is 0 Å². The van der Waals surface area contributed by atoms with Crippen molar-refractivity contribution < 1.29 is 4.79 Å². The fourth-order valence-electron chi connectivity index (χ4n) is 1.24. The van der Waals surface area contributed by atoms with Crippen molar-refractivity contribution in [3.8, 4) is 0 Å². The van der Waals surface area contributed by atoms with Crippen molar-refractivity contribution in [1.82, 2.24) is 0 Å². The van der Waals surface area contributed by atoms with Crippen LogP contribution in [0, 0.1) is 5.92 Å². The summed E-state index contributed by atoms with van der Waals surface area (Å²) in [7, 11) is 0. The zero-order valence-electron chi connectivity index (χ0n) is 7.31. The van der Waals surface area contributed by atoms with Gasteiger partial charge in [0.05, 0.1) is 0 Å². The number of ketones is 1. The highest BCUT2D eigenvalue weighted by Crippen LogP contribution is 2.19. The van der Waals surface area contributed by atoms with Gasteiger partial charge in [-0.3, -0.25) is 4.79 Å². The van der Waals surface area contributed by atoms with E-state index in [1.165, 1.54) is 6.42 Å². The van der Waals surface area contributed by atoms with Crippen LogP contribution in [0.5, 0.6) is 0 Å². The number of carbonyl (C=O) groups is 1. The minimum atomic E-state index is 0.462. The van der Waals surface area contributed by atoms with Crippen molar-refractivity contribution in [2.45, 2.75) is 46.5 Å². The Morgan fingerprint density at radius 2 is 2.00 bits per heavy atom. The predicted octanol–water partition coefficient (Wildman–Crippen LogP) is 2.79. The number of rotatable bonds is 0. The molecular weight excluding hydrogens is 124 g/mol. The highest BCUT2D eigenvalue weighted by atomic mass is 16.1. The van der Waals surface area contributed by atoms with Crippen LogP contribution in [0.4, 0.5) is 0 Å². The third-order valence-corrected chi connectivity index (χ3v) is 1.73. The average molecular weight is 142 g/mol. The molecular formula is C9H18O. The molecule has 0 spiro atoms. The molecule has 10 heavy (non-hydrogen) atoms.